The highest BCUT2D eigenvalue weighted by molar-refractivity contribution is 5.94. The molecule has 0 aliphatic carbocycles. The largest absolute Gasteiger partial charge is 0.481 e. The summed E-state index contributed by atoms with van der Waals surface area (Å²) < 4.78 is 0. The molecule has 19 heavy (non-hydrogen) atoms. The summed E-state index contributed by atoms with van der Waals surface area (Å²) in [5, 5.41) is 11.5. The lowest BCUT2D eigenvalue weighted by molar-refractivity contribution is -0.137. The number of aliphatic carboxylic acids is 1. The van der Waals surface area contributed by atoms with Gasteiger partial charge in [-0.25, -0.2) is 0 Å². The van der Waals surface area contributed by atoms with Crippen molar-refractivity contribution in [1.29, 1.82) is 0 Å². The maximum absolute atomic E-state index is 11.9. The SMILES string of the molecule is CCC(CC(=O)O)NC(=O)c1ccc(CCN)cc1. The molecule has 0 aromatic heterocycles. The number of nitrogens with one attached hydrogen (secondary N) is 1. The molecule has 5 heteroatoms. The first-order valence-corrected chi connectivity index (χ1v) is 6.38. The van der Waals surface area contributed by atoms with Gasteiger partial charge in [0, 0.05) is 11.6 Å². The molecule has 0 heterocycles. The van der Waals surface area contributed by atoms with Crippen molar-refractivity contribution in [3.63, 3.8) is 0 Å². The van der Waals surface area contributed by atoms with Crippen LogP contribution in [0.2, 0.25) is 0 Å². The highest BCUT2D eigenvalue weighted by Crippen LogP contribution is 2.06. The summed E-state index contributed by atoms with van der Waals surface area (Å²) >= 11 is 0. The number of benzene rings is 1. The van der Waals surface area contributed by atoms with Crippen LogP contribution in [0.15, 0.2) is 24.3 Å². The van der Waals surface area contributed by atoms with E-state index < -0.39 is 5.97 Å². The molecule has 104 valence electrons. The van der Waals surface area contributed by atoms with Gasteiger partial charge >= 0.3 is 5.97 Å². The molecule has 1 unspecified atom stereocenters. The molecular formula is C14H20N2O3. The van der Waals surface area contributed by atoms with Crippen molar-refractivity contribution >= 4 is 11.9 Å². The third-order valence-corrected chi connectivity index (χ3v) is 2.90. The van der Waals surface area contributed by atoms with Gasteiger partial charge in [0.15, 0.2) is 0 Å². The Labute approximate surface area is 112 Å². The van der Waals surface area contributed by atoms with E-state index >= 15 is 0 Å². The van der Waals surface area contributed by atoms with Gasteiger partial charge in [0.1, 0.15) is 0 Å². The first kappa shape index (κ1) is 15.2. The van der Waals surface area contributed by atoms with Gasteiger partial charge in [0.05, 0.1) is 6.42 Å². The van der Waals surface area contributed by atoms with Gasteiger partial charge in [-0.3, -0.25) is 9.59 Å². The van der Waals surface area contributed by atoms with E-state index in [2.05, 4.69) is 5.32 Å². The number of nitrogens with two attached hydrogens (primary N) is 1. The molecule has 0 saturated heterocycles. The lowest BCUT2D eigenvalue weighted by atomic mass is 10.1. The van der Waals surface area contributed by atoms with Gasteiger partial charge in [-0.2, -0.15) is 0 Å². The van der Waals surface area contributed by atoms with Crippen LogP contribution in [-0.2, 0) is 11.2 Å². The molecule has 1 aromatic carbocycles. The molecule has 4 N–H and O–H groups in total. The second-order valence-corrected chi connectivity index (χ2v) is 4.41. The van der Waals surface area contributed by atoms with E-state index in [9.17, 15) is 9.59 Å². The Hall–Kier alpha value is -1.88. The molecule has 0 bridgehead atoms. The normalized spacial score (nSPS) is 11.9. The van der Waals surface area contributed by atoms with Gasteiger partial charge in [-0.1, -0.05) is 19.1 Å². The van der Waals surface area contributed by atoms with Crippen LogP contribution in [0, 0.1) is 0 Å². The topological polar surface area (TPSA) is 92.4 Å². The van der Waals surface area contributed by atoms with Crippen LogP contribution >= 0.6 is 0 Å². The van der Waals surface area contributed by atoms with E-state index in [0.29, 0.717) is 18.5 Å². The summed E-state index contributed by atoms with van der Waals surface area (Å²) in [7, 11) is 0. The molecule has 0 aliphatic rings. The Kier molecular flexibility index (Phi) is 6.02. The van der Waals surface area contributed by atoms with Gasteiger partial charge in [0.2, 0.25) is 0 Å². The number of hydrogen-bond donors (Lipinski definition) is 3. The third kappa shape index (κ3) is 5.09. The molecule has 1 amide bonds. The zero-order valence-corrected chi connectivity index (χ0v) is 11.1. The molecule has 0 radical (unpaired) electrons. The van der Waals surface area contributed by atoms with Crippen LogP contribution in [-0.4, -0.2) is 29.6 Å². The highest BCUT2D eigenvalue weighted by Gasteiger charge is 2.15. The Balaban J connectivity index is 2.63. The fourth-order valence-electron chi connectivity index (χ4n) is 1.77. The average Bonchev–Trinajstić information content (AvgIpc) is 2.38. The first-order chi connectivity index (χ1) is 9.06. The maximum atomic E-state index is 11.9. The van der Waals surface area contributed by atoms with E-state index in [1.807, 2.05) is 19.1 Å². The quantitative estimate of drug-likeness (QED) is 0.689. The van der Waals surface area contributed by atoms with Crippen LogP contribution in [0.25, 0.3) is 0 Å². The number of hydrogen-bond acceptors (Lipinski definition) is 3. The lowest BCUT2D eigenvalue weighted by Gasteiger charge is -2.14. The lowest BCUT2D eigenvalue weighted by Crippen LogP contribution is -2.36. The fourth-order valence-corrected chi connectivity index (χ4v) is 1.77. The summed E-state index contributed by atoms with van der Waals surface area (Å²) in [5.74, 6) is -1.15. The number of carbonyl (C=O) groups is 2. The van der Waals surface area contributed by atoms with E-state index in [1.54, 1.807) is 12.1 Å². The minimum Gasteiger partial charge on any atom is -0.481 e. The summed E-state index contributed by atoms with van der Waals surface area (Å²) in [5.41, 5.74) is 7.07. The number of rotatable bonds is 7. The molecule has 0 aliphatic heterocycles. The minimum atomic E-state index is -0.912. The number of amides is 1. The van der Waals surface area contributed by atoms with Gasteiger partial charge < -0.3 is 16.2 Å². The summed E-state index contributed by atoms with van der Waals surface area (Å²) in [6, 6.07) is 6.84. The second-order valence-electron chi connectivity index (χ2n) is 4.41. The predicted molar refractivity (Wildman–Crippen MR) is 73.0 cm³/mol. The minimum absolute atomic E-state index is 0.0620. The number of carbonyl (C=O) groups excluding carboxylic acids is 1. The molecule has 1 rings (SSSR count). The molecule has 0 spiro atoms. The summed E-state index contributed by atoms with van der Waals surface area (Å²) in [4.78, 5) is 22.6. The van der Waals surface area contributed by atoms with Crippen molar-refractivity contribution in [2.24, 2.45) is 5.73 Å². The monoisotopic (exact) mass is 264 g/mol. The van der Waals surface area contributed by atoms with Crippen molar-refractivity contribution in [2.45, 2.75) is 32.2 Å². The Morgan fingerprint density at radius 2 is 1.95 bits per heavy atom. The van der Waals surface area contributed by atoms with Crippen LogP contribution in [0.3, 0.4) is 0 Å². The zero-order valence-electron chi connectivity index (χ0n) is 11.1. The van der Waals surface area contributed by atoms with Crippen LogP contribution in [0.1, 0.15) is 35.7 Å². The van der Waals surface area contributed by atoms with E-state index in [4.69, 9.17) is 10.8 Å². The van der Waals surface area contributed by atoms with E-state index in [1.165, 1.54) is 0 Å². The third-order valence-electron chi connectivity index (χ3n) is 2.90. The first-order valence-electron chi connectivity index (χ1n) is 6.38. The van der Waals surface area contributed by atoms with Crippen molar-refractivity contribution in [2.75, 3.05) is 6.54 Å². The van der Waals surface area contributed by atoms with Crippen molar-refractivity contribution < 1.29 is 14.7 Å². The predicted octanol–water partition coefficient (Wildman–Crippen LogP) is 1.17. The maximum Gasteiger partial charge on any atom is 0.305 e. The molecule has 1 atom stereocenters. The summed E-state index contributed by atoms with van der Waals surface area (Å²) in [6.07, 6.45) is 1.30. The van der Waals surface area contributed by atoms with Crippen LogP contribution < -0.4 is 11.1 Å². The molecule has 0 saturated carbocycles. The van der Waals surface area contributed by atoms with Gasteiger partial charge in [-0.15, -0.1) is 0 Å². The van der Waals surface area contributed by atoms with Crippen molar-refractivity contribution in [3.05, 3.63) is 35.4 Å². The van der Waals surface area contributed by atoms with E-state index in [0.717, 1.165) is 12.0 Å². The Morgan fingerprint density at radius 1 is 1.32 bits per heavy atom. The fraction of sp³-hybridized carbons (Fsp3) is 0.429. The van der Waals surface area contributed by atoms with E-state index in [-0.39, 0.29) is 18.4 Å². The Bertz CT molecular complexity index is 429. The Morgan fingerprint density at radius 3 is 2.42 bits per heavy atom. The van der Waals surface area contributed by atoms with Crippen LogP contribution in [0.4, 0.5) is 0 Å². The van der Waals surface area contributed by atoms with Crippen molar-refractivity contribution in [1.82, 2.24) is 5.32 Å². The van der Waals surface area contributed by atoms with Crippen LogP contribution in [0.5, 0.6) is 0 Å². The standard InChI is InChI=1S/C14H20N2O3/c1-2-12(9-13(17)18)16-14(19)11-5-3-10(4-6-11)7-8-15/h3-6,12H,2,7-9,15H2,1H3,(H,16,19)(H,17,18). The molecule has 1 aromatic rings. The molecular weight excluding hydrogens is 244 g/mol. The number of carboxylic acid groups (broad SMARTS) is 1. The number of carboxylic acids is 1. The van der Waals surface area contributed by atoms with Crippen molar-refractivity contribution in [3.8, 4) is 0 Å². The van der Waals surface area contributed by atoms with Gasteiger partial charge in [0.25, 0.3) is 5.91 Å². The molecule has 0 fully saturated rings. The molecule has 5 nitrogen and oxygen atoms in total. The summed E-state index contributed by atoms with van der Waals surface area (Å²) in [6.45, 7) is 2.42. The van der Waals surface area contributed by atoms with Gasteiger partial charge in [-0.05, 0) is 37.1 Å². The highest BCUT2D eigenvalue weighted by atomic mass is 16.4. The second kappa shape index (κ2) is 7.53. The smallest absolute Gasteiger partial charge is 0.305 e. The zero-order chi connectivity index (χ0) is 14.3. The average molecular weight is 264 g/mol.